The second-order valence-electron chi connectivity index (χ2n) is 6.11. The summed E-state index contributed by atoms with van der Waals surface area (Å²) in [7, 11) is 0. The first kappa shape index (κ1) is 18.1. The molecule has 0 bridgehead atoms. The number of fused-ring (bicyclic) bond motifs is 1. The van der Waals surface area contributed by atoms with Gasteiger partial charge in [-0.2, -0.15) is 9.13 Å². The van der Waals surface area contributed by atoms with Crippen molar-refractivity contribution in [1.82, 2.24) is 4.57 Å². The number of para-hydroxylation sites is 2. The van der Waals surface area contributed by atoms with Crippen LogP contribution in [0.3, 0.4) is 0 Å². The van der Waals surface area contributed by atoms with Gasteiger partial charge in [-0.05, 0) is 45.4 Å². The van der Waals surface area contributed by atoms with Crippen molar-refractivity contribution in [3.8, 4) is 6.01 Å². The molecule has 0 atom stereocenters. The maximum absolute atomic E-state index is 8.22. The molecule has 1 heterocycles. The highest BCUT2D eigenvalue weighted by Crippen LogP contribution is 2.26. The van der Waals surface area contributed by atoms with Crippen molar-refractivity contribution in [1.29, 1.82) is 0 Å². The number of rotatable bonds is 9. The molecule has 1 aromatic heterocycles. The number of ether oxygens (including phenoxy) is 2. The fraction of sp³-hybridized carbons (Fsp3) is 0.588. The van der Waals surface area contributed by atoms with Gasteiger partial charge in [-0.3, -0.25) is 0 Å². The highest BCUT2D eigenvalue weighted by atomic mass is 16.5. The van der Waals surface area contributed by atoms with Crippen LogP contribution in [-0.4, -0.2) is 30.9 Å². The van der Waals surface area contributed by atoms with E-state index in [1.807, 2.05) is 0 Å². The van der Waals surface area contributed by atoms with Gasteiger partial charge in [-0.25, -0.2) is 0 Å². The zero-order valence-electron chi connectivity index (χ0n) is 14.8. The summed E-state index contributed by atoms with van der Waals surface area (Å²) in [5.41, 5.74) is 10.6. The lowest BCUT2D eigenvalue weighted by atomic mass is 10.3. The zero-order valence-corrected chi connectivity index (χ0v) is 14.8. The quantitative estimate of drug-likeness (QED) is 0.230. The summed E-state index contributed by atoms with van der Waals surface area (Å²) in [6.07, 6.45) is 0. The van der Waals surface area contributed by atoms with Crippen LogP contribution in [0.5, 0.6) is 6.01 Å². The molecule has 130 valence electrons. The number of aromatic nitrogens is 2. The molecule has 0 aliphatic carbocycles. The molecule has 0 amide bonds. The lowest BCUT2D eigenvalue weighted by Crippen LogP contribution is -2.38. The van der Waals surface area contributed by atoms with Gasteiger partial charge in [-0.1, -0.05) is 17.2 Å². The molecule has 0 aliphatic rings. The summed E-state index contributed by atoms with van der Waals surface area (Å²) in [6, 6.07) is 9.77. The molecule has 0 radical (unpaired) electrons. The SMILES string of the molecule is CC(C)n1c(OCCOCCN=[N+]=[N-])[n+](C(C)C)c2ccccc21. The number of nitrogens with zero attached hydrogens (tertiary/aromatic N) is 5. The molecule has 2 aromatic rings. The molecule has 0 saturated heterocycles. The monoisotopic (exact) mass is 332 g/mol. The van der Waals surface area contributed by atoms with Gasteiger partial charge in [0.05, 0.1) is 25.3 Å². The Bertz CT molecular complexity index is 672. The van der Waals surface area contributed by atoms with E-state index in [-0.39, 0.29) is 12.1 Å². The minimum absolute atomic E-state index is 0.288. The molecule has 0 unspecified atom stereocenters. The number of imidazole rings is 1. The van der Waals surface area contributed by atoms with Crippen molar-refractivity contribution in [2.75, 3.05) is 26.4 Å². The number of azide groups is 1. The van der Waals surface area contributed by atoms with Gasteiger partial charge in [0.2, 0.25) is 0 Å². The Balaban J connectivity index is 2.19. The fourth-order valence-corrected chi connectivity index (χ4v) is 2.77. The fourth-order valence-electron chi connectivity index (χ4n) is 2.77. The van der Waals surface area contributed by atoms with Crippen LogP contribution in [0.1, 0.15) is 39.8 Å². The molecular weight excluding hydrogens is 306 g/mol. The molecule has 1 aromatic carbocycles. The highest BCUT2D eigenvalue weighted by molar-refractivity contribution is 5.73. The first-order valence-electron chi connectivity index (χ1n) is 8.33. The minimum Gasteiger partial charge on any atom is -0.428 e. The third kappa shape index (κ3) is 3.99. The Morgan fingerprint density at radius 2 is 1.92 bits per heavy atom. The summed E-state index contributed by atoms with van der Waals surface area (Å²) < 4.78 is 15.9. The van der Waals surface area contributed by atoms with Crippen molar-refractivity contribution >= 4 is 11.0 Å². The predicted molar refractivity (Wildman–Crippen MR) is 93.2 cm³/mol. The van der Waals surface area contributed by atoms with E-state index in [1.165, 1.54) is 11.0 Å². The van der Waals surface area contributed by atoms with Crippen molar-refractivity contribution < 1.29 is 14.0 Å². The van der Waals surface area contributed by atoms with Crippen molar-refractivity contribution in [3.05, 3.63) is 34.7 Å². The highest BCUT2D eigenvalue weighted by Gasteiger charge is 2.29. The number of benzene rings is 1. The van der Waals surface area contributed by atoms with Gasteiger partial charge < -0.3 is 9.47 Å². The third-order valence-corrected chi connectivity index (χ3v) is 3.70. The second-order valence-corrected chi connectivity index (χ2v) is 6.11. The van der Waals surface area contributed by atoms with Gasteiger partial charge in [0.1, 0.15) is 6.61 Å². The summed E-state index contributed by atoms with van der Waals surface area (Å²) in [4.78, 5) is 2.69. The molecule has 24 heavy (non-hydrogen) atoms. The van der Waals surface area contributed by atoms with E-state index < -0.39 is 0 Å². The lowest BCUT2D eigenvalue weighted by Gasteiger charge is -2.10. The van der Waals surface area contributed by atoms with E-state index in [4.69, 9.17) is 15.0 Å². The average molecular weight is 332 g/mol. The van der Waals surface area contributed by atoms with E-state index in [0.717, 1.165) is 6.01 Å². The average Bonchev–Trinajstić information content (AvgIpc) is 2.88. The number of hydrogen-bond acceptors (Lipinski definition) is 3. The van der Waals surface area contributed by atoms with Crippen LogP contribution in [0.4, 0.5) is 0 Å². The second kappa shape index (κ2) is 8.57. The topological polar surface area (TPSA) is 76.0 Å². The summed E-state index contributed by atoms with van der Waals surface area (Å²) in [5, 5.41) is 3.44. The maximum atomic E-state index is 8.22. The van der Waals surface area contributed by atoms with Crippen molar-refractivity contribution in [2.45, 2.75) is 39.8 Å². The normalized spacial score (nSPS) is 11.2. The Kier molecular flexibility index (Phi) is 6.46. The summed E-state index contributed by atoms with van der Waals surface area (Å²) in [5.74, 6) is 0. The Morgan fingerprint density at radius 3 is 2.58 bits per heavy atom. The largest absolute Gasteiger partial charge is 0.457 e. The third-order valence-electron chi connectivity index (χ3n) is 3.70. The van der Waals surface area contributed by atoms with Crippen LogP contribution in [-0.2, 0) is 4.74 Å². The van der Waals surface area contributed by atoms with Crippen LogP contribution in [0.2, 0.25) is 0 Å². The minimum atomic E-state index is 0.288. The first-order chi connectivity index (χ1) is 11.6. The van der Waals surface area contributed by atoms with Gasteiger partial charge in [0.15, 0.2) is 11.0 Å². The molecule has 0 fully saturated rings. The van der Waals surface area contributed by atoms with Gasteiger partial charge in [0, 0.05) is 11.5 Å². The predicted octanol–water partition coefficient (Wildman–Crippen LogP) is 3.80. The van der Waals surface area contributed by atoms with Gasteiger partial charge in [0.25, 0.3) is 0 Å². The van der Waals surface area contributed by atoms with E-state index in [9.17, 15) is 0 Å². The van der Waals surface area contributed by atoms with E-state index in [2.05, 4.69) is 71.1 Å². The van der Waals surface area contributed by atoms with Crippen LogP contribution in [0.25, 0.3) is 21.5 Å². The molecular formula is C17H26N5O2+. The first-order valence-corrected chi connectivity index (χ1v) is 8.33. The Morgan fingerprint density at radius 1 is 1.17 bits per heavy atom. The molecule has 7 heteroatoms. The lowest BCUT2D eigenvalue weighted by molar-refractivity contribution is -0.697. The molecule has 0 saturated carbocycles. The summed E-state index contributed by atoms with van der Waals surface area (Å²) >= 11 is 0. The zero-order chi connectivity index (χ0) is 17.5. The summed E-state index contributed by atoms with van der Waals surface area (Å²) in [6.45, 7) is 10.3. The molecule has 7 nitrogen and oxygen atoms in total. The van der Waals surface area contributed by atoms with Crippen LogP contribution < -0.4 is 9.30 Å². The number of hydrogen-bond donors (Lipinski definition) is 0. The molecule has 0 aliphatic heterocycles. The van der Waals surface area contributed by atoms with E-state index in [1.54, 1.807) is 0 Å². The van der Waals surface area contributed by atoms with Gasteiger partial charge >= 0.3 is 6.01 Å². The molecule has 0 spiro atoms. The Labute approximate surface area is 142 Å². The van der Waals surface area contributed by atoms with Crippen LogP contribution >= 0.6 is 0 Å². The molecule has 2 rings (SSSR count). The van der Waals surface area contributed by atoms with Crippen LogP contribution in [0.15, 0.2) is 29.4 Å². The maximum Gasteiger partial charge on any atom is 0.457 e. The standard InChI is InChI=1S/C17H26N5O2/c1-13(2)21-15-7-5-6-8-16(15)22(14(3)4)17(21)24-12-11-23-10-9-19-20-18/h5-8,13-14H,9-12H2,1-4H3/q+1. The van der Waals surface area contributed by atoms with Crippen LogP contribution in [0, 0.1) is 0 Å². The Hall–Kier alpha value is -2.24. The smallest absolute Gasteiger partial charge is 0.428 e. The van der Waals surface area contributed by atoms with Gasteiger partial charge in [-0.15, -0.1) is 0 Å². The van der Waals surface area contributed by atoms with E-state index >= 15 is 0 Å². The van der Waals surface area contributed by atoms with E-state index in [0.29, 0.717) is 26.4 Å². The molecule has 0 N–H and O–H groups in total. The van der Waals surface area contributed by atoms with Crippen molar-refractivity contribution in [2.24, 2.45) is 5.11 Å². The van der Waals surface area contributed by atoms with Crippen molar-refractivity contribution in [3.63, 3.8) is 0 Å².